The number of carbonyl (C=O) groups is 1. The van der Waals surface area contributed by atoms with Gasteiger partial charge >= 0.3 is 0 Å². The SMILES string of the molecule is NC(=O)C(C1CCCCCC1)N1CCCNCC1. The van der Waals surface area contributed by atoms with Gasteiger partial charge < -0.3 is 11.1 Å². The first-order valence-corrected chi connectivity index (χ1v) is 7.53. The Balaban J connectivity index is 2.02. The Morgan fingerprint density at radius 1 is 1.06 bits per heavy atom. The van der Waals surface area contributed by atoms with Crippen molar-refractivity contribution in [1.29, 1.82) is 0 Å². The fourth-order valence-electron chi connectivity index (χ4n) is 3.48. The van der Waals surface area contributed by atoms with E-state index in [1.807, 2.05) is 0 Å². The van der Waals surface area contributed by atoms with E-state index >= 15 is 0 Å². The van der Waals surface area contributed by atoms with E-state index in [0.29, 0.717) is 5.92 Å². The van der Waals surface area contributed by atoms with E-state index in [2.05, 4.69) is 10.2 Å². The summed E-state index contributed by atoms with van der Waals surface area (Å²) in [6, 6.07) is -0.0250. The molecule has 1 aliphatic heterocycles. The summed E-state index contributed by atoms with van der Waals surface area (Å²) in [6.45, 7) is 4.02. The van der Waals surface area contributed by atoms with Crippen molar-refractivity contribution in [2.24, 2.45) is 11.7 Å². The third kappa shape index (κ3) is 3.69. The number of nitrogens with two attached hydrogens (primary N) is 1. The summed E-state index contributed by atoms with van der Waals surface area (Å²) in [5.41, 5.74) is 5.70. The van der Waals surface area contributed by atoms with E-state index in [1.54, 1.807) is 0 Å². The van der Waals surface area contributed by atoms with Crippen molar-refractivity contribution in [3.63, 3.8) is 0 Å². The molecule has 2 rings (SSSR count). The Hall–Kier alpha value is -0.610. The maximum atomic E-state index is 11.9. The van der Waals surface area contributed by atoms with Gasteiger partial charge in [-0.3, -0.25) is 9.69 Å². The summed E-state index contributed by atoms with van der Waals surface area (Å²) < 4.78 is 0. The van der Waals surface area contributed by atoms with Gasteiger partial charge in [0.1, 0.15) is 0 Å². The van der Waals surface area contributed by atoms with Crippen molar-refractivity contribution in [1.82, 2.24) is 10.2 Å². The molecule has 1 heterocycles. The minimum Gasteiger partial charge on any atom is -0.368 e. The van der Waals surface area contributed by atoms with Gasteiger partial charge in [0.05, 0.1) is 6.04 Å². The molecule has 3 N–H and O–H groups in total. The fourth-order valence-corrected chi connectivity index (χ4v) is 3.48. The van der Waals surface area contributed by atoms with Crippen LogP contribution < -0.4 is 11.1 Å². The average Bonchev–Trinajstić information content (AvgIpc) is 2.74. The number of carbonyl (C=O) groups excluding carboxylic acids is 1. The van der Waals surface area contributed by atoms with Gasteiger partial charge in [0.2, 0.25) is 5.91 Å². The van der Waals surface area contributed by atoms with Crippen molar-refractivity contribution in [2.75, 3.05) is 26.2 Å². The van der Waals surface area contributed by atoms with E-state index in [-0.39, 0.29) is 11.9 Å². The molecule has 2 fully saturated rings. The first-order valence-electron chi connectivity index (χ1n) is 7.53. The lowest BCUT2D eigenvalue weighted by atomic mass is 9.90. The summed E-state index contributed by atoms with van der Waals surface area (Å²) >= 11 is 0. The van der Waals surface area contributed by atoms with Gasteiger partial charge in [-0.1, -0.05) is 25.7 Å². The van der Waals surface area contributed by atoms with Gasteiger partial charge in [-0.25, -0.2) is 0 Å². The highest BCUT2D eigenvalue weighted by Gasteiger charge is 2.32. The third-order valence-corrected chi connectivity index (χ3v) is 4.41. The van der Waals surface area contributed by atoms with Crippen LogP contribution in [0.15, 0.2) is 0 Å². The first-order chi connectivity index (χ1) is 8.79. The molecule has 1 unspecified atom stereocenters. The largest absolute Gasteiger partial charge is 0.368 e. The number of rotatable bonds is 3. The van der Waals surface area contributed by atoms with Crippen LogP contribution in [0.25, 0.3) is 0 Å². The molecule has 0 aromatic heterocycles. The number of primary amides is 1. The highest BCUT2D eigenvalue weighted by molar-refractivity contribution is 5.80. The van der Waals surface area contributed by atoms with Crippen molar-refractivity contribution < 1.29 is 4.79 Å². The smallest absolute Gasteiger partial charge is 0.235 e. The summed E-state index contributed by atoms with van der Waals surface area (Å²) in [7, 11) is 0. The molecular weight excluding hydrogens is 226 g/mol. The molecule has 0 aromatic rings. The van der Waals surface area contributed by atoms with Crippen LogP contribution in [-0.2, 0) is 4.79 Å². The molecule has 1 saturated carbocycles. The van der Waals surface area contributed by atoms with Gasteiger partial charge in [0, 0.05) is 19.6 Å². The summed E-state index contributed by atoms with van der Waals surface area (Å²) in [6.07, 6.45) is 8.65. The van der Waals surface area contributed by atoms with Gasteiger partial charge in [0.15, 0.2) is 0 Å². The zero-order chi connectivity index (χ0) is 12.8. The van der Waals surface area contributed by atoms with Crippen molar-refractivity contribution in [3.05, 3.63) is 0 Å². The van der Waals surface area contributed by atoms with E-state index in [1.165, 1.54) is 38.5 Å². The summed E-state index contributed by atoms with van der Waals surface area (Å²) in [5.74, 6) is 0.381. The Kier molecular flexibility index (Phi) is 5.45. The molecule has 0 radical (unpaired) electrons. The molecule has 0 aromatic carbocycles. The molecule has 1 amide bonds. The molecular formula is C14H27N3O. The van der Waals surface area contributed by atoms with Crippen LogP contribution in [0.3, 0.4) is 0 Å². The second-order valence-electron chi connectivity index (χ2n) is 5.74. The predicted octanol–water partition coefficient (Wildman–Crippen LogP) is 1.11. The fraction of sp³-hybridized carbons (Fsp3) is 0.929. The molecule has 2 aliphatic rings. The van der Waals surface area contributed by atoms with Gasteiger partial charge in [-0.15, -0.1) is 0 Å². The average molecular weight is 253 g/mol. The molecule has 1 aliphatic carbocycles. The molecule has 1 atom stereocenters. The highest BCUT2D eigenvalue weighted by atomic mass is 16.1. The van der Waals surface area contributed by atoms with Crippen LogP contribution >= 0.6 is 0 Å². The monoisotopic (exact) mass is 253 g/mol. The van der Waals surface area contributed by atoms with Crippen LogP contribution in [0, 0.1) is 5.92 Å². The lowest BCUT2D eigenvalue weighted by molar-refractivity contribution is -0.125. The van der Waals surface area contributed by atoms with E-state index in [0.717, 1.165) is 32.6 Å². The van der Waals surface area contributed by atoms with Gasteiger partial charge in [-0.2, -0.15) is 0 Å². The number of nitrogens with zero attached hydrogens (tertiary/aromatic N) is 1. The Morgan fingerprint density at radius 2 is 1.78 bits per heavy atom. The molecule has 4 nitrogen and oxygen atoms in total. The standard InChI is InChI=1S/C14H27N3O/c15-14(18)13(12-6-3-1-2-4-7-12)17-10-5-8-16-9-11-17/h12-13,16H,1-11H2,(H2,15,18). The lowest BCUT2D eigenvalue weighted by Gasteiger charge is -2.33. The number of hydrogen-bond donors (Lipinski definition) is 2. The molecule has 1 saturated heterocycles. The molecule has 104 valence electrons. The van der Waals surface area contributed by atoms with Crippen molar-refractivity contribution in [2.45, 2.75) is 51.0 Å². The number of amides is 1. The zero-order valence-electron chi connectivity index (χ0n) is 11.4. The van der Waals surface area contributed by atoms with Crippen LogP contribution in [0.4, 0.5) is 0 Å². The maximum Gasteiger partial charge on any atom is 0.235 e. The van der Waals surface area contributed by atoms with Crippen LogP contribution in [-0.4, -0.2) is 43.0 Å². The maximum absolute atomic E-state index is 11.9. The lowest BCUT2D eigenvalue weighted by Crippen LogP contribution is -2.50. The van der Waals surface area contributed by atoms with Crippen molar-refractivity contribution >= 4 is 5.91 Å². The van der Waals surface area contributed by atoms with E-state index in [4.69, 9.17) is 5.73 Å². The molecule has 0 bridgehead atoms. The number of nitrogens with one attached hydrogen (secondary N) is 1. The number of hydrogen-bond acceptors (Lipinski definition) is 3. The first kappa shape index (κ1) is 13.8. The summed E-state index contributed by atoms with van der Waals surface area (Å²) in [5, 5.41) is 3.39. The van der Waals surface area contributed by atoms with E-state index in [9.17, 15) is 4.79 Å². The second kappa shape index (κ2) is 7.10. The van der Waals surface area contributed by atoms with Gasteiger partial charge in [0.25, 0.3) is 0 Å². The molecule has 0 spiro atoms. The minimum atomic E-state index is -0.108. The summed E-state index contributed by atoms with van der Waals surface area (Å²) in [4.78, 5) is 14.2. The van der Waals surface area contributed by atoms with Crippen LogP contribution in [0.5, 0.6) is 0 Å². The Labute approximate surface area is 110 Å². The highest BCUT2D eigenvalue weighted by Crippen LogP contribution is 2.28. The van der Waals surface area contributed by atoms with Crippen LogP contribution in [0.1, 0.15) is 44.9 Å². The minimum absolute atomic E-state index is 0.0250. The second-order valence-corrected chi connectivity index (χ2v) is 5.74. The Bertz CT molecular complexity index is 234. The van der Waals surface area contributed by atoms with Crippen LogP contribution in [0.2, 0.25) is 0 Å². The zero-order valence-corrected chi connectivity index (χ0v) is 11.4. The third-order valence-electron chi connectivity index (χ3n) is 4.41. The normalized spacial score (nSPS) is 26.2. The predicted molar refractivity (Wildman–Crippen MR) is 73.2 cm³/mol. The molecule has 4 heteroatoms. The Morgan fingerprint density at radius 3 is 2.44 bits per heavy atom. The van der Waals surface area contributed by atoms with Crippen molar-refractivity contribution in [3.8, 4) is 0 Å². The van der Waals surface area contributed by atoms with E-state index < -0.39 is 0 Å². The molecule has 18 heavy (non-hydrogen) atoms. The quantitative estimate of drug-likeness (QED) is 0.741. The topological polar surface area (TPSA) is 58.4 Å². The van der Waals surface area contributed by atoms with Gasteiger partial charge in [-0.05, 0) is 31.7 Å².